The van der Waals surface area contributed by atoms with Crippen molar-refractivity contribution >= 4 is 50.1 Å². The van der Waals surface area contributed by atoms with Gasteiger partial charge in [-0.3, -0.25) is 4.79 Å². The molecule has 104 valence electrons. The smallest absolute Gasteiger partial charge is 0.255 e. The normalized spacial score (nSPS) is 10.3. The molecule has 0 saturated heterocycles. The minimum atomic E-state index is -0.0159. The zero-order valence-corrected chi connectivity index (χ0v) is 14.7. The molecule has 0 aliphatic rings. The highest BCUT2D eigenvalue weighted by Gasteiger charge is 2.15. The van der Waals surface area contributed by atoms with Gasteiger partial charge in [0.25, 0.3) is 5.91 Å². The highest BCUT2D eigenvalue weighted by atomic mass is 127. The molecule has 0 atom stereocenters. The van der Waals surface area contributed by atoms with Crippen molar-refractivity contribution < 1.29 is 4.79 Å². The minimum absolute atomic E-state index is 0.0159. The number of anilines is 1. The number of nitrogens with zero attached hydrogens (tertiary/aromatic N) is 1. The van der Waals surface area contributed by atoms with Gasteiger partial charge in [0.1, 0.15) is 0 Å². The molecule has 20 heavy (non-hydrogen) atoms. The first-order valence-electron chi connectivity index (χ1n) is 6.02. The van der Waals surface area contributed by atoms with E-state index < -0.39 is 0 Å². The Hall–Kier alpha value is -1.08. The van der Waals surface area contributed by atoms with Crippen LogP contribution in [0.4, 0.5) is 5.69 Å². The van der Waals surface area contributed by atoms with Crippen molar-refractivity contribution in [1.29, 1.82) is 0 Å². The first-order valence-corrected chi connectivity index (χ1v) is 7.89. The van der Waals surface area contributed by atoms with Gasteiger partial charge < -0.3 is 10.6 Å². The third kappa shape index (κ3) is 3.73. The van der Waals surface area contributed by atoms with Crippen LogP contribution in [0.25, 0.3) is 0 Å². The molecule has 0 aliphatic heterocycles. The van der Waals surface area contributed by atoms with Gasteiger partial charge >= 0.3 is 0 Å². The summed E-state index contributed by atoms with van der Waals surface area (Å²) in [5.41, 5.74) is 8.15. The van der Waals surface area contributed by atoms with E-state index in [1.54, 1.807) is 11.9 Å². The molecule has 1 amide bonds. The van der Waals surface area contributed by atoms with Crippen molar-refractivity contribution in [2.24, 2.45) is 0 Å². The van der Waals surface area contributed by atoms with Gasteiger partial charge in [0, 0.05) is 27.3 Å². The monoisotopic (exact) mass is 444 g/mol. The molecule has 0 aromatic heterocycles. The van der Waals surface area contributed by atoms with E-state index in [1.807, 2.05) is 42.5 Å². The van der Waals surface area contributed by atoms with E-state index in [-0.39, 0.29) is 5.91 Å². The number of benzene rings is 2. The topological polar surface area (TPSA) is 46.3 Å². The molecule has 0 fully saturated rings. The summed E-state index contributed by atoms with van der Waals surface area (Å²) in [5, 5.41) is 0. The largest absolute Gasteiger partial charge is 0.399 e. The average Bonchev–Trinajstić information content (AvgIpc) is 2.40. The van der Waals surface area contributed by atoms with Crippen LogP contribution in [-0.4, -0.2) is 17.9 Å². The molecule has 0 saturated carbocycles. The summed E-state index contributed by atoms with van der Waals surface area (Å²) in [6.07, 6.45) is 0. The molecule has 0 unspecified atom stereocenters. The second kappa shape index (κ2) is 6.58. The molecular weight excluding hydrogens is 431 g/mol. The molecule has 0 spiro atoms. The lowest BCUT2D eigenvalue weighted by Gasteiger charge is -2.18. The number of hydrogen-bond acceptors (Lipinski definition) is 2. The van der Waals surface area contributed by atoms with Gasteiger partial charge in [-0.05, 0) is 74.4 Å². The summed E-state index contributed by atoms with van der Waals surface area (Å²) in [5.74, 6) is -0.0159. The zero-order chi connectivity index (χ0) is 14.7. The zero-order valence-electron chi connectivity index (χ0n) is 10.9. The molecule has 0 aliphatic carbocycles. The van der Waals surface area contributed by atoms with E-state index in [1.165, 1.54) is 0 Å². The Morgan fingerprint density at radius 2 is 2.05 bits per heavy atom. The highest BCUT2D eigenvalue weighted by Crippen LogP contribution is 2.21. The minimum Gasteiger partial charge on any atom is -0.399 e. The van der Waals surface area contributed by atoms with Crippen LogP contribution < -0.4 is 5.73 Å². The summed E-state index contributed by atoms with van der Waals surface area (Å²) < 4.78 is 1.84. The second-order valence-electron chi connectivity index (χ2n) is 4.53. The molecule has 2 aromatic rings. The number of hydrogen-bond donors (Lipinski definition) is 1. The molecule has 2 N–H and O–H groups in total. The first-order chi connectivity index (χ1) is 9.47. The Labute approximate surface area is 140 Å². The Morgan fingerprint density at radius 1 is 1.30 bits per heavy atom. The van der Waals surface area contributed by atoms with Crippen LogP contribution >= 0.6 is 38.5 Å². The summed E-state index contributed by atoms with van der Waals surface area (Å²) in [6.45, 7) is 0.530. The summed E-state index contributed by atoms with van der Waals surface area (Å²) in [4.78, 5) is 14.2. The lowest BCUT2D eigenvalue weighted by Crippen LogP contribution is -2.26. The summed E-state index contributed by atoms with van der Waals surface area (Å²) in [6, 6.07) is 13.3. The van der Waals surface area contributed by atoms with Gasteiger partial charge in [-0.1, -0.05) is 12.1 Å². The predicted molar refractivity (Wildman–Crippen MR) is 93.5 cm³/mol. The fraction of sp³-hybridized carbons (Fsp3) is 0.133. The maximum Gasteiger partial charge on any atom is 0.255 e. The number of rotatable bonds is 3. The molecule has 0 heterocycles. The van der Waals surface area contributed by atoms with Crippen LogP contribution in [0.5, 0.6) is 0 Å². The third-order valence-corrected chi connectivity index (χ3v) is 4.24. The van der Waals surface area contributed by atoms with E-state index in [2.05, 4.69) is 38.5 Å². The van der Waals surface area contributed by atoms with Crippen LogP contribution in [-0.2, 0) is 6.54 Å². The number of halogens is 2. The lowest BCUT2D eigenvalue weighted by molar-refractivity contribution is 0.0784. The summed E-state index contributed by atoms with van der Waals surface area (Å²) >= 11 is 5.62. The van der Waals surface area contributed by atoms with Crippen molar-refractivity contribution in [1.82, 2.24) is 4.90 Å². The molecule has 5 heteroatoms. The predicted octanol–water partition coefficient (Wildman–Crippen LogP) is 3.91. The van der Waals surface area contributed by atoms with E-state index >= 15 is 0 Å². The molecule has 3 nitrogen and oxygen atoms in total. The van der Waals surface area contributed by atoms with Gasteiger partial charge in [0.05, 0.1) is 5.56 Å². The van der Waals surface area contributed by atoms with Gasteiger partial charge in [-0.25, -0.2) is 0 Å². The van der Waals surface area contributed by atoms with Crippen LogP contribution in [0.15, 0.2) is 46.9 Å². The average molecular weight is 445 g/mol. The number of nitrogens with two attached hydrogens (primary N) is 1. The van der Waals surface area contributed by atoms with Crippen molar-refractivity contribution in [3.63, 3.8) is 0 Å². The Balaban J connectivity index is 2.18. The number of carbonyl (C=O) groups is 1. The Morgan fingerprint density at radius 3 is 2.75 bits per heavy atom. The Bertz CT molecular complexity index is 646. The molecule has 0 bridgehead atoms. The summed E-state index contributed by atoms with van der Waals surface area (Å²) in [7, 11) is 1.79. The van der Waals surface area contributed by atoms with E-state index in [0.717, 1.165) is 13.6 Å². The molecule has 0 radical (unpaired) electrons. The van der Waals surface area contributed by atoms with Crippen LogP contribution in [0.3, 0.4) is 0 Å². The quantitative estimate of drug-likeness (QED) is 0.576. The van der Waals surface area contributed by atoms with Gasteiger partial charge in [-0.2, -0.15) is 0 Å². The van der Waals surface area contributed by atoms with Crippen molar-refractivity contribution in [3.8, 4) is 0 Å². The van der Waals surface area contributed by atoms with E-state index in [4.69, 9.17) is 5.73 Å². The highest BCUT2D eigenvalue weighted by molar-refractivity contribution is 14.1. The maximum atomic E-state index is 12.5. The van der Waals surface area contributed by atoms with Crippen molar-refractivity contribution in [3.05, 3.63) is 61.6 Å². The molecular formula is C15H14BrIN2O. The van der Waals surface area contributed by atoms with Gasteiger partial charge in [0.2, 0.25) is 0 Å². The fourth-order valence-electron chi connectivity index (χ4n) is 1.90. The van der Waals surface area contributed by atoms with Crippen LogP contribution in [0, 0.1) is 3.57 Å². The third-order valence-electron chi connectivity index (χ3n) is 2.88. The van der Waals surface area contributed by atoms with E-state index in [0.29, 0.717) is 17.8 Å². The van der Waals surface area contributed by atoms with Crippen molar-refractivity contribution in [2.75, 3.05) is 12.8 Å². The van der Waals surface area contributed by atoms with Crippen molar-refractivity contribution in [2.45, 2.75) is 6.54 Å². The standard InChI is InChI=1S/C15H14BrIN2O/c1-19(9-10-3-2-4-12(18)7-10)15(20)13-8-11(17)5-6-14(13)16/h2-8H,9,18H2,1H3. The van der Waals surface area contributed by atoms with E-state index in [9.17, 15) is 4.79 Å². The molecule has 2 rings (SSSR count). The van der Waals surface area contributed by atoms with Gasteiger partial charge in [0.15, 0.2) is 0 Å². The lowest BCUT2D eigenvalue weighted by atomic mass is 10.1. The van der Waals surface area contributed by atoms with Crippen LogP contribution in [0.2, 0.25) is 0 Å². The number of amides is 1. The first kappa shape index (κ1) is 15.3. The SMILES string of the molecule is CN(Cc1cccc(N)c1)C(=O)c1cc(I)ccc1Br. The molecule has 2 aromatic carbocycles. The maximum absolute atomic E-state index is 12.5. The van der Waals surface area contributed by atoms with Gasteiger partial charge in [-0.15, -0.1) is 0 Å². The fourth-order valence-corrected chi connectivity index (χ4v) is 2.81. The second-order valence-corrected chi connectivity index (χ2v) is 6.63. The number of nitrogen functional groups attached to an aromatic ring is 1. The Kier molecular flexibility index (Phi) is 5.04. The number of carbonyl (C=O) groups excluding carboxylic acids is 1. The van der Waals surface area contributed by atoms with Crippen LogP contribution in [0.1, 0.15) is 15.9 Å².